The van der Waals surface area contributed by atoms with Gasteiger partial charge < -0.3 is 5.73 Å². The summed E-state index contributed by atoms with van der Waals surface area (Å²) in [6.45, 7) is 0.470. The Morgan fingerprint density at radius 3 is 2.95 bits per heavy atom. The molecular weight excluding hydrogens is 348 g/mol. The van der Waals surface area contributed by atoms with E-state index < -0.39 is 4.92 Å². The van der Waals surface area contributed by atoms with E-state index in [1.807, 2.05) is 12.1 Å². The van der Waals surface area contributed by atoms with E-state index in [0.29, 0.717) is 12.1 Å². The van der Waals surface area contributed by atoms with E-state index >= 15 is 0 Å². The second-order valence-electron chi connectivity index (χ2n) is 4.39. The minimum absolute atomic E-state index is 0.0439. The molecule has 0 atom stereocenters. The molecule has 0 aliphatic heterocycles. The highest BCUT2D eigenvalue weighted by molar-refractivity contribution is 9.10. The lowest BCUT2D eigenvalue weighted by atomic mass is 10.1. The van der Waals surface area contributed by atoms with E-state index in [9.17, 15) is 10.1 Å². The number of nitro benzene ring substituents is 1. The molecule has 1 heterocycles. The number of nitrogens with two attached hydrogens (primary N) is 1. The minimum atomic E-state index is -0.463. The molecule has 6 nitrogen and oxygen atoms in total. The number of allylic oxidation sites excluding steroid dienone is 1. The molecule has 0 saturated heterocycles. The van der Waals surface area contributed by atoms with Gasteiger partial charge in [0.15, 0.2) is 0 Å². The maximum atomic E-state index is 11.0. The van der Waals surface area contributed by atoms with Crippen molar-refractivity contribution in [2.45, 2.75) is 6.54 Å². The smallest absolute Gasteiger partial charge is 0.278 e. The zero-order chi connectivity index (χ0) is 15.9. The van der Waals surface area contributed by atoms with Gasteiger partial charge in [0.1, 0.15) is 0 Å². The number of benzene rings is 1. The van der Waals surface area contributed by atoms with E-state index in [1.54, 1.807) is 30.6 Å². The van der Waals surface area contributed by atoms with Crippen LogP contribution in [0.5, 0.6) is 0 Å². The van der Waals surface area contributed by atoms with Gasteiger partial charge in [0.25, 0.3) is 5.69 Å². The third kappa shape index (κ3) is 4.23. The highest BCUT2D eigenvalue weighted by atomic mass is 79.9. The van der Waals surface area contributed by atoms with E-state index in [0.717, 1.165) is 10.0 Å². The van der Waals surface area contributed by atoms with Crippen LogP contribution >= 0.6 is 15.9 Å². The quantitative estimate of drug-likeness (QED) is 0.502. The number of hydrogen-bond donors (Lipinski definition) is 1. The van der Waals surface area contributed by atoms with Crippen molar-refractivity contribution in [3.05, 3.63) is 74.5 Å². The summed E-state index contributed by atoms with van der Waals surface area (Å²) < 4.78 is 0.719. The maximum Gasteiger partial charge on any atom is 0.278 e. The van der Waals surface area contributed by atoms with Gasteiger partial charge >= 0.3 is 0 Å². The molecule has 0 bridgehead atoms. The van der Waals surface area contributed by atoms with Crippen LogP contribution in [0.3, 0.4) is 0 Å². The minimum Gasteiger partial charge on any atom is -0.398 e. The molecule has 112 valence electrons. The zero-order valence-electron chi connectivity index (χ0n) is 11.5. The molecule has 0 amide bonds. The number of aromatic nitrogens is 1. The monoisotopic (exact) mass is 360 g/mol. The van der Waals surface area contributed by atoms with Gasteiger partial charge in [-0.15, -0.1) is 0 Å². The molecule has 2 aromatic rings. The molecule has 0 spiro atoms. The summed E-state index contributed by atoms with van der Waals surface area (Å²) in [5.41, 5.74) is 7.48. The zero-order valence-corrected chi connectivity index (χ0v) is 13.1. The molecule has 1 aromatic carbocycles. The maximum absolute atomic E-state index is 11.0. The molecule has 1 aromatic heterocycles. The first-order chi connectivity index (χ1) is 10.6. The predicted molar refractivity (Wildman–Crippen MR) is 89.4 cm³/mol. The molecule has 0 aliphatic rings. The normalized spacial score (nSPS) is 11.8. The average molecular weight is 361 g/mol. The van der Waals surface area contributed by atoms with Gasteiger partial charge in [-0.05, 0) is 29.8 Å². The number of nitro groups is 1. The fourth-order valence-corrected chi connectivity index (χ4v) is 2.13. The predicted octanol–water partition coefficient (Wildman–Crippen LogP) is 3.32. The topological polar surface area (TPSA) is 94.4 Å². The van der Waals surface area contributed by atoms with Crippen LogP contribution in [0.2, 0.25) is 0 Å². The summed E-state index contributed by atoms with van der Waals surface area (Å²) in [5.74, 6) is 0. The molecule has 22 heavy (non-hydrogen) atoms. The van der Waals surface area contributed by atoms with Gasteiger partial charge in [-0.2, -0.15) is 0 Å². The third-order valence-electron chi connectivity index (χ3n) is 2.82. The van der Waals surface area contributed by atoms with Crippen molar-refractivity contribution in [3.8, 4) is 0 Å². The Morgan fingerprint density at radius 2 is 2.27 bits per heavy atom. The summed E-state index contributed by atoms with van der Waals surface area (Å²) in [5, 5.41) is 11.0. The van der Waals surface area contributed by atoms with Crippen LogP contribution in [0, 0.1) is 10.1 Å². The van der Waals surface area contributed by atoms with Crippen molar-refractivity contribution in [2.75, 3.05) is 0 Å². The Hall–Kier alpha value is -2.54. The fraction of sp³-hybridized carbons (Fsp3) is 0.0667. The van der Waals surface area contributed by atoms with Gasteiger partial charge in [-0.3, -0.25) is 20.1 Å². The van der Waals surface area contributed by atoms with Gasteiger partial charge in [-0.25, -0.2) is 0 Å². The van der Waals surface area contributed by atoms with Crippen LogP contribution in [-0.2, 0) is 6.54 Å². The van der Waals surface area contributed by atoms with E-state index in [-0.39, 0.29) is 11.4 Å². The third-order valence-corrected chi connectivity index (χ3v) is 3.32. The largest absolute Gasteiger partial charge is 0.398 e. The lowest BCUT2D eigenvalue weighted by Gasteiger charge is -2.03. The van der Waals surface area contributed by atoms with Crippen LogP contribution in [0.25, 0.3) is 5.70 Å². The molecular formula is C15H13BrN4O2. The van der Waals surface area contributed by atoms with Crippen LogP contribution in [0.1, 0.15) is 11.1 Å². The number of pyridine rings is 1. The molecule has 2 rings (SSSR count). The second-order valence-corrected chi connectivity index (χ2v) is 5.31. The Kier molecular flexibility index (Phi) is 5.37. The lowest BCUT2D eigenvalue weighted by Crippen LogP contribution is -2.01. The molecule has 0 unspecified atom stereocenters. The van der Waals surface area contributed by atoms with Crippen LogP contribution in [-0.4, -0.2) is 16.1 Å². The van der Waals surface area contributed by atoms with Gasteiger partial charge in [0.2, 0.25) is 0 Å². The van der Waals surface area contributed by atoms with Gasteiger partial charge in [0, 0.05) is 34.8 Å². The molecule has 7 heteroatoms. The number of rotatable bonds is 5. The van der Waals surface area contributed by atoms with Gasteiger partial charge in [-0.1, -0.05) is 22.0 Å². The standard InChI is InChI=1S/C15H13BrN4O2/c16-12-3-4-15(20(21)22)13(8-12)14(17)5-7-19-10-11-2-1-6-18-9-11/h1-9H,10,17H2/b14-5-,19-7?. The Labute approximate surface area is 135 Å². The van der Waals surface area contributed by atoms with Gasteiger partial charge in [0.05, 0.1) is 17.0 Å². The van der Waals surface area contributed by atoms with Crippen molar-refractivity contribution >= 4 is 33.5 Å². The Balaban J connectivity index is 2.15. The number of nitrogens with zero attached hydrogens (tertiary/aromatic N) is 3. The summed E-state index contributed by atoms with van der Waals surface area (Å²) in [6.07, 6.45) is 6.50. The van der Waals surface area contributed by atoms with E-state index in [2.05, 4.69) is 25.9 Å². The Bertz CT molecular complexity index is 730. The molecule has 0 aliphatic carbocycles. The van der Waals surface area contributed by atoms with Crippen LogP contribution in [0.4, 0.5) is 5.69 Å². The van der Waals surface area contributed by atoms with Crippen molar-refractivity contribution in [1.29, 1.82) is 0 Å². The number of hydrogen-bond acceptors (Lipinski definition) is 5. The second kappa shape index (κ2) is 7.46. The first kappa shape index (κ1) is 15.8. The SMILES string of the molecule is N/C(=C\C=NCc1cccnc1)c1cc(Br)ccc1[N+](=O)[O-]. The molecule has 2 N–H and O–H groups in total. The first-order valence-electron chi connectivity index (χ1n) is 6.36. The van der Waals surface area contributed by atoms with Crippen LogP contribution < -0.4 is 5.73 Å². The summed E-state index contributed by atoms with van der Waals surface area (Å²) in [6, 6.07) is 8.37. The highest BCUT2D eigenvalue weighted by Crippen LogP contribution is 2.26. The van der Waals surface area contributed by atoms with Crippen molar-refractivity contribution < 1.29 is 4.92 Å². The summed E-state index contributed by atoms with van der Waals surface area (Å²) in [7, 11) is 0. The molecule has 0 fully saturated rings. The van der Waals surface area contributed by atoms with E-state index in [1.165, 1.54) is 12.3 Å². The molecule has 0 radical (unpaired) electrons. The highest BCUT2D eigenvalue weighted by Gasteiger charge is 2.15. The average Bonchev–Trinajstić information content (AvgIpc) is 2.52. The van der Waals surface area contributed by atoms with Crippen molar-refractivity contribution in [2.24, 2.45) is 10.7 Å². The number of aliphatic imine (C=N–C) groups is 1. The van der Waals surface area contributed by atoms with Crippen LogP contribution in [0.15, 0.2) is 58.3 Å². The first-order valence-corrected chi connectivity index (χ1v) is 7.16. The van der Waals surface area contributed by atoms with Crippen molar-refractivity contribution in [1.82, 2.24) is 4.98 Å². The molecule has 0 saturated carbocycles. The fourth-order valence-electron chi connectivity index (χ4n) is 1.77. The van der Waals surface area contributed by atoms with Crippen molar-refractivity contribution in [3.63, 3.8) is 0 Å². The Morgan fingerprint density at radius 1 is 1.45 bits per heavy atom. The number of halogens is 1. The summed E-state index contributed by atoms with van der Waals surface area (Å²) >= 11 is 3.28. The lowest BCUT2D eigenvalue weighted by molar-refractivity contribution is -0.385. The van der Waals surface area contributed by atoms with E-state index in [4.69, 9.17) is 5.73 Å². The summed E-state index contributed by atoms with van der Waals surface area (Å²) in [4.78, 5) is 18.8.